The fourth-order valence-corrected chi connectivity index (χ4v) is 2.17. The molecule has 2 aromatic rings. The van der Waals surface area contributed by atoms with Crippen LogP contribution in [0.2, 0.25) is 0 Å². The van der Waals surface area contributed by atoms with Crippen LogP contribution in [0.3, 0.4) is 0 Å². The highest BCUT2D eigenvalue weighted by Gasteiger charge is 2.10. The minimum absolute atomic E-state index is 0.0430. The maximum Gasteiger partial charge on any atom is 0.338 e. The van der Waals surface area contributed by atoms with E-state index in [1.54, 1.807) is 32.0 Å². The second kappa shape index (κ2) is 7.76. The topological polar surface area (TPSA) is 73.9 Å². The SMILES string of the molecule is CC(C)OC(=O)c1cccc(-c2cccc(C=C(C#N)C#N)c2)c1. The van der Waals surface area contributed by atoms with Crippen molar-refractivity contribution in [3.63, 3.8) is 0 Å². The van der Waals surface area contributed by atoms with Crippen LogP contribution in [0.15, 0.2) is 54.1 Å². The zero-order valence-corrected chi connectivity index (χ0v) is 13.5. The number of carbonyl (C=O) groups excluding carboxylic acids is 1. The van der Waals surface area contributed by atoms with Gasteiger partial charge in [0.1, 0.15) is 17.7 Å². The molecule has 0 aliphatic rings. The summed E-state index contributed by atoms with van der Waals surface area (Å²) >= 11 is 0. The summed E-state index contributed by atoms with van der Waals surface area (Å²) in [5.74, 6) is -0.362. The molecule has 0 aliphatic heterocycles. The van der Waals surface area contributed by atoms with Gasteiger partial charge in [0.05, 0.1) is 11.7 Å². The third-order valence-electron chi connectivity index (χ3n) is 3.21. The van der Waals surface area contributed by atoms with Crippen molar-refractivity contribution in [2.24, 2.45) is 0 Å². The quantitative estimate of drug-likeness (QED) is 0.621. The van der Waals surface area contributed by atoms with Crippen LogP contribution in [0.4, 0.5) is 0 Å². The lowest BCUT2D eigenvalue weighted by Gasteiger charge is -2.09. The first-order chi connectivity index (χ1) is 11.5. The van der Waals surface area contributed by atoms with Gasteiger partial charge in [-0.25, -0.2) is 4.79 Å². The summed E-state index contributed by atoms with van der Waals surface area (Å²) in [5.41, 5.74) is 3.02. The van der Waals surface area contributed by atoms with E-state index < -0.39 is 0 Å². The highest BCUT2D eigenvalue weighted by atomic mass is 16.5. The summed E-state index contributed by atoms with van der Waals surface area (Å²) in [7, 11) is 0. The fourth-order valence-electron chi connectivity index (χ4n) is 2.17. The number of benzene rings is 2. The molecule has 0 saturated heterocycles. The highest BCUT2D eigenvalue weighted by Crippen LogP contribution is 2.23. The molecular weight excluding hydrogens is 300 g/mol. The molecule has 4 nitrogen and oxygen atoms in total. The summed E-state index contributed by atoms with van der Waals surface area (Å²) in [6, 6.07) is 18.3. The molecule has 0 unspecified atom stereocenters. The molecule has 0 aliphatic carbocycles. The molecule has 24 heavy (non-hydrogen) atoms. The monoisotopic (exact) mass is 316 g/mol. The van der Waals surface area contributed by atoms with Gasteiger partial charge in [-0.05, 0) is 54.8 Å². The van der Waals surface area contributed by atoms with E-state index in [1.807, 2.05) is 42.5 Å². The van der Waals surface area contributed by atoms with Crippen LogP contribution in [-0.2, 0) is 4.74 Å². The molecule has 4 heteroatoms. The van der Waals surface area contributed by atoms with E-state index in [1.165, 1.54) is 6.08 Å². The molecule has 0 spiro atoms. The van der Waals surface area contributed by atoms with Crippen molar-refractivity contribution in [3.05, 3.63) is 65.2 Å². The zero-order chi connectivity index (χ0) is 17.5. The van der Waals surface area contributed by atoms with Gasteiger partial charge in [0, 0.05) is 0 Å². The average Bonchev–Trinajstić information content (AvgIpc) is 2.59. The second-order valence-corrected chi connectivity index (χ2v) is 5.44. The van der Waals surface area contributed by atoms with Crippen molar-refractivity contribution in [2.75, 3.05) is 0 Å². The third kappa shape index (κ3) is 4.32. The summed E-state index contributed by atoms with van der Waals surface area (Å²) in [4.78, 5) is 12.0. The summed E-state index contributed by atoms with van der Waals surface area (Å²) in [6.45, 7) is 3.61. The number of carbonyl (C=O) groups is 1. The molecule has 0 saturated carbocycles. The van der Waals surface area contributed by atoms with Crippen molar-refractivity contribution in [2.45, 2.75) is 20.0 Å². The van der Waals surface area contributed by atoms with Crippen LogP contribution in [0, 0.1) is 22.7 Å². The Kier molecular flexibility index (Phi) is 5.49. The molecule has 0 heterocycles. The molecule has 0 bridgehead atoms. The average molecular weight is 316 g/mol. The number of nitriles is 2. The van der Waals surface area contributed by atoms with Gasteiger partial charge < -0.3 is 4.74 Å². The fraction of sp³-hybridized carbons (Fsp3) is 0.150. The number of esters is 1. The first-order valence-electron chi connectivity index (χ1n) is 7.47. The van der Waals surface area contributed by atoms with Crippen LogP contribution in [0.1, 0.15) is 29.8 Å². The van der Waals surface area contributed by atoms with E-state index in [-0.39, 0.29) is 17.6 Å². The van der Waals surface area contributed by atoms with Crippen molar-refractivity contribution < 1.29 is 9.53 Å². The highest BCUT2D eigenvalue weighted by molar-refractivity contribution is 5.91. The molecular formula is C20H16N2O2. The van der Waals surface area contributed by atoms with Gasteiger partial charge >= 0.3 is 5.97 Å². The van der Waals surface area contributed by atoms with Gasteiger partial charge in [0.2, 0.25) is 0 Å². The Morgan fingerprint density at radius 2 is 1.67 bits per heavy atom. The van der Waals surface area contributed by atoms with Gasteiger partial charge in [0.25, 0.3) is 0 Å². The smallest absolute Gasteiger partial charge is 0.338 e. The Labute approximate surface area is 141 Å². The lowest BCUT2D eigenvalue weighted by Crippen LogP contribution is -2.11. The number of ether oxygens (including phenoxy) is 1. The molecule has 118 valence electrons. The molecule has 0 fully saturated rings. The molecule has 0 N–H and O–H groups in total. The molecule has 0 radical (unpaired) electrons. The van der Waals surface area contributed by atoms with E-state index in [0.29, 0.717) is 5.56 Å². The molecule has 2 aromatic carbocycles. The van der Waals surface area contributed by atoms with E-state index in [2.05, 4.69) is 0 Å². The summed E-state index contributed by atoms with van der Waals surface area (Å²) < 4.78 is 5.21. The Morgan fingerprint density at radius 1 is 1.04 bits per heavy atom. The Morgan fingerprint density at radius 3 is 2.29 bits per heavy atom. The maximum absolute atomic E-state index is 12.0. The van der Waals surface area contributed by atoms with Crippen LogP contribution in [0.25, 0.3) is 17.2 Å². The molecule has 0 amide bonds. The van der Waals surface area contributed by atoms with Crippen LogP contribution < -0.4 is 0 Å². The van der Waals surface area contributed by atoms with Gasteiger partial charge in [-0.2, -0.15) is 10.5 Å². The Balaban J connectivity index is 2.37. The number of nitrogens with zero attached hydrogens (tertiary/aromatic N) is 2. The maximum atomic E-state index is 12.0. The first-order valence-corrected chi connectivity index (χ1v) is 7.47. The lowest BCUT2D eigenvalue weighted by molar-refractivity contribution is 0.0378. The Bertz CT molecular complexity index is 852. The van der Waals surface area contributed by atoms with Crippen molar-refractivity contribution >= 4 is 12.0 Å². The first kappa shape index (κ1) is 17.0. The molecule has 0 atom stereocenters. The minimum atomic E-state index is -0.362. The van der Waals surface area contributed by atoms with Gasteiger partial charge in [-0.15, -0.1) is 0 Å². The lowest BCUT2D eigenvalue weighted by atomic mass is 10.0. The Hall–Kier alpha value is -3.37. The third-order valence-corrected chi connectivity index (χ3v) is 3.21. The van der Waals surface area contributed by atoms with Crippen molar-refractivity contribution in [3.8, 4) is 23.3 Å². The minimum Gasteiger partial charge on any atom is -0.459 e. The van der Waals surface area contributed by atoms with E-state index in [9.17, 15) is 4.79 Å². The largest absolute Gasteiger partial charge is 0.459 e. The van der Waals surface area contributed by atoms with Crippen LogP contribution in [-0.4, -0.2) is 12.1 Å². The summed E-state index contributed by atoms with van der Waals surface area (Å²) in [5, 5.41) is 17.7. The number of rotatable bonds is 4. The predicted octanol–water partition coefficient (Wildman–Crippen LogP) is 4.35. The normalized spacial score (nSPS) is 9.71. The van der Waals surface area contributed by atoms with E-state index in [0.717, 1.165) is 16.7 Å². The molecule has 0 aromatic heterocycles. The van der Waals surface area contributed by atoms with Crippen LogP contribution >= 0.6 is 0 Å². The van der Waals surface area contributed by atoms with Gasteiger partial charge in [0.15, 0.2) is 0 Å². The number of hydrogen-bond acceptors (Lipinski definition) is 4. The van der Waals surface area contributed by atoms with E-state index >= 15 is 0 Å². The van der Waals surface area contributed by atoms with E-state index in [4.69, 9.17) is 15.3 Å². The zero-order valence-electron chi connectivity index (χ0n) is 13.5. The summed E-state index contributed by atoms with van der Waals surface area (Å²) in [6.07, 6.45) is 1.35. The van der Waals surface area contributed by atoms with Crippen molar-refractivity contribution in [1.29, 1.82) is 10.5 Å². The number of allylic oxidation sites excluding steroid dienone is 1. The van der Waals surface area contributed by atoms with Gasteiger partial charge in [-0.1, -0.05) is 30.3 Å². The van der Waals surface area contributed by atoms with Gasteiger partial charge in [-0.3, -0.25) is 0 Å². The number of hydrogen-bond donors (Lipinski definition) is 0. The molecule has 2 rings (SSSR count). The van der Waals surface area contributed by atoms with Crippen LogP contribution in [0.5, 0.6) is 0 Å². The van der Waals surface area contributed by atoms with Crippen molar-refractivity contribution in [1.82, 2.24) is 0 Å². The standard InChI is InChI=1S/C20H16N2O2/c1-14(2)24-20(23)19-8-4-7-18(11-19)17-6-3-5-15(10-17)9-16(12-21)13-22/h3-11,14H,1-2H3. The second-order valence-electron chi connectivity index (χ2n) is 5.44. The predicted molar refractivity (Wildman–Crippen MR) is 91.6 cm³/mol.